The molecule has 1 aliphatic rings. The Hall–Kier alpha value is -4.77. The van der Waals surface area contributed by atoms with E-state index in [2.05, 4.69) is 31.7 Å². The fourth-order valence-corrected chi connectivity index (χ4v) is 5.41. The molecule has 1 fully saturated rings. The van der Waals surface area contributed by atoms with Crippen molar-refractivity contribution in [3.63, 3.8) is 0 Å². The highest BCUT2D eigenvalue weighted by Crippen LogP contribution is 2.37. The molecule has 5 aromatic rings. The third-order valence-electron chi connectivity index (χ3n) is 7.36. The van der Waals surface area contributed by atoms with Gasteiger partial charge < -0.3 is 24.4 Å². The molecule has 4 heterocycles. The second-order valence-electron chi connectivity index (χ2n) is 10.7. The highest BCUT2D eigenvalue weighted by molar-refractivity contribution is 6.32. The molecule has 1 aliphatic heterocycles. The van der Waals surface area contributed by atoms with Crippen molar-refractivity contribution in [2.24, 2.45) is 7.05 Å². The van der Waals surface area contributed by atoms with E-state index in [1.807, 2.05) is 48.6 Å². The number of carbonyl (C=O) groups is 1. The zero-order valence-electron chi connectivity index (χ0n) is 23.3. The quantitative estimate of drug-likeness (QED) is 0.247. The van der Waals surface area contributed by atoms with E-state index in [9.17, 15) is 4.79 Å². The minimum absolute atomic E-state index is 0.0996. The van der Waals surface area contributed by atoms with Crippen molar-refractivity contribution in [3.8, 4) is 11.5 Å². The summed E-state index contributed by atoms with van der Waals surface area (Å²) in [5.74, 6) is 0.884. The predicted molar refractivity (Wildman–Crippen MR) is 161 cm³/mol. The molecule has 0 saturated carbocycles. The first-order valence-corrected chi connectivity index (χ1v) is 13.7. The summed E-state index contributed by atoms with van der Waals surface area (Å²) in [6, 6.07) is 12.3. The normalized spacial score (nSPS) is 14.8. The number of nitrogens with one attached hydrogen (secondary N) is 1. The zero-order chi connectivity index (χ0) is 29.6. The van der Waals surface area contributed by atoms with E-state index in [4.69, 9.17) is 21.3 Å². The van der Waals surface area contributed by atoms with Gasteiger partial charge in [0.1, 0.15) is 34.2 Å². The van der Waals surface area contributed by atoms with Gasteiger partial charge in [0.15, 0.2) is 11.6 Å². The number of ether oxygens (including phenoxy) is 1. The maximum atomic E-state index is 15.5. The van der Waals surface area contributed by atoms with Gasteiger partial charge in [-0.25, -0.2) is 24.3 Å². The molecule has 0 bridgehead atoms. The van der Waals surface area contributed by atoms with Gasteiger partial charge in [-0.2, -0.15) is 0 Å². The average molecular weight is 587 g/mol. The summed E-state index contributed by atoms with van der Waals surface area (Å²) in [6.45, 7) is 9.33. The molecule has 6 rings (SSSR count). The molecular weight excluding hydrogens is 559 g/mol. The molecule has 10 nitrogen and oxygen atoms in total. The molecule has 42 heavy (non-hydrogen) atoms. The van der Waals surface area contributed by atoms with Gasteiger partial charge in [-0.05, 0) is 56.3 Å². The lowest BCUT2D eigenvalue weighted by molar-refractivity contribution is -0.131. The van der Waals surface area contributed by atoms with E-state index >= 15 is 4.39 Å². The first kappa shape index (κ1) is 27.4. The number of amides is 1. The van der Waals surface area contributed by atoms with Crippen LogP contribution < -0.4 is 15.0 Å². The summed E-state index contributed by atoms with van der Waals surface area (Å²) in [7, 11) is 1.90. The van der Waals surface area contributed by atoms with Gasteiger partial charge in [-0.15, -0.1) is 0 Å². The lowest BCUT2D eigenvalue weighted by Crippen LogP contribution is -2.61. The smallest absolute Gasteiger partial charge is 0.246 e. The fraction of sp³-hybridized carbons (Fsp3) is 0.233. The Balaban J connectivity index is 1.26. The van der Waals surface area contributed by atoms with Crippen molar-refractivity contribution in [1.29, 1.82) is 0 Å². The van der Waals surface area contributed by atoms with Crippen LogP contribution in [0.5, 0.6) is 11.5 Å². The second-order valence-corrected chi connectivity index (χ2v) is 11.0. The Labute approximate surface area is 246 Å². The summed E-state index contributed by atoms with van der Waals surface area (Å²) in [5.41, 5.74) is 2.44. The zero-order valence-corrected chi connectivity index (χ0v) is 24.1. The van der Waals surface area contributed by atoms with Crippen LogP contribution in [0.4, 0.5) is 21.7 Å². The Morgan fingerprint density at radius 1 is 1.12 bits per heavy atom. The van der Waals surface area contributed by atoms with E-state index in [0.717, 1.165) is 11.0 Å². The molecule has 1 N–H and O–H groups in total. The Bertz CT molecular complexity index is 1860. The van der Waals surface area contributed by atoms with Crippen LogP contribution in [0.15, 0.2) is 67.8 Å². The van der Waals surface area contributed by atoms with Gasteiger partial charge in [0.2, 0.25) is 5.91 Å². The minimum atomic E-state index is -0.694. The SMILES string of the molecule is C=CC(=O)N1CCN(c2ccc3ncnc(Nc4ccc(Oc5ccc6c(c5)ncn6C)c(Cl)c4F)c3n2)CC1(C)C. The van der Waals surface area contributed by atoms with Gasteiger partial charge in [0.05, 0.1) is 34.1 Å². The van der Waals surface area contributed by atoms with E-state index in [1.165, 1.54) is 18.5 Å². The Kier molecular flexibility index (Phi) is 6.90. The van der Waals surface area contributed by atoms with E-state index in [1.54, 1.807) is 24.5 Å². The van der Waals surface area contributed by atoms with Gasteiger partial charge >= 0.3 is 0 Å². The topological polar surface area (TPSA) is 101 Å². The van der Waals surface area contributed by atoms with Crippen molar-refractivity contribution in [2.75, 3.05) is 29.9 Å². The molecule has 12 heteroatoms. The first-order chi connectivity index (χ1) is 20.1. The predicted octanol–water partition coefficient (Wildman–Crippen LogP) is 5.85. The molecule has 0 atom stereocenters. The molecule has 0 aliphatic carbocycles. The van der Waals surface area contributed by atoms with Crippen molar-refractivity contribution < 1.29 is 13.9 Å². The maximum absolute atomic E-state index is 15.5. The third kappa shape index (κ3) is 4.96. The highest BCUT2D eigenvalue weighted by atomic mass is 35.5. The van der Waals surface area contributed by atoms with Crippen LogP contribution >= 0.6 is 11.6 Å². The summed E-state index contributed by atoms with van der Waals surface area (Å²) in [5, 5.41) is 2.85. The molecule has 1 saturated heterocycles. The number of rotatable bonds is 6. The number of hydrogen-bond acceptors (Lipinski definition) is 8. The minimum Gasteiger partial charge on any atom is -0.456 e. The molecule has 2 aromatic carbocycles. The second kappa shape index (κ2) is 10.6. The maximum Gasteiger partial charge on any atom is 0.246 e. The summed E-state index contributed by atoms with van der Waals surface area (Å²) < 4.78 is 23.3. The first-order valence-electron chi connectivity index (χ1n) is 13.3. The molecular formula is C30H28ClFN8O2. The molecule has 3 aromatic heterocycles. The number of carbonyl (C=O) groups excluding carboxylic acids is 1. The van der Waals surface area contributed by atoms with Crippen LogP contribution in [0, 0.1) is 5.82 Å². The number of aryl methyl sites for hydroxylation is 1. The lowest BCUT2D eigenvalue weighted by atomic mass is 9.98. The number of imidazole rings is 1. The molecule has 0 unspecified atom stereocenters. The number of aromatic nitrogens is 5. The van der Waals surface area contributed by atoms with E-state index in [-0.39, 0.29) is 22.4 Å². The number of anilines is 3. The van der Waals surface area contributed by atoms with Gasteiger partial charge in [0, 0.05) is 32.7 Å². The fourth-order valence-electron chi connectivity index (χ4n) is 5.21. The Morgan fingerprint density at radius 3 is 2.74 bits per heavy atom. The van der Waals surface area contributed by atoms with E-state index < -0.39 is 11.4 Å². The number of pyridine rings is 1. The van der Waals surface area contributed by atoms with Gasteiger partial charge in [-0.3, -0.25) is 4.79 Å². The highest BCUT2D eigenvalue weighted by Gasteiger charge is 2.36. The molecule has 1 amide bonds. The monoisotopic (exact) mass is 586 g/mol. The molecule has 0 spiro atoms. The largest absolute Gasteiger partial charge is 0.456 e. The number of halogens is 2. The van der Waals surface area contributed by atoms with E-state index in [0.29, 0.717) is 48.1 Å². The van der Waals surface area contributed by atoms with Crippen LogP contribution in [0.3, 0.4) is 0 Å². The van der Waals surface area contributed by atoms with Crippen LogP contribution in [-0.2, 0) is 11.8 Å². The van der Waals surface area contributed by atoms with Crippen LogP contribution in [0.25, 0.3) is 22.1 Å². The van der Waals surface area contributed by atoms with Crippen molar-refractivity contribution in [3.05, 3.63) is 78.6 Å². The number of fused-ring (bicyclic) bond motifs is 2. The summed E-state index contributed by atoms with van der Waals surface area (Å²) >= 11 is 6.40. The average Bonchev–Trinajstić information content (AvgIpc) is 3.35. The van der Waals surface area contributed by atoms with Crippen molar-refractivity contribution in [2.45, 2.75) is 19.4 Å². The number of nitrogens with zero attached hydrogens (tertiary/aromatic N) is 7. The lowest BCUT2D eigenvalue weighted by Gasteiger charge is -2.47. The van der Waals surface area contributed by atoms with Crippen molar-refractivity contribution in [1.82, 2.24) is 29.4 Å². The number of hydrogen-bond donors (Lipinski definition) is 1. The van der Waals surface area contributed by atoms with Gasteiger partial charge in [-0.1, -0.05) is 18.2 Å². The summed E-state index contributed by atoms with van der Waals surface area (Å²) in [4.78, 5) is 34.1. The standard InChI is InChI=1S/C30H28ClFN8O2/c1-5-25(41)40-13-12-39(15-30(40,2)3)24-11-8-20-28(37-24)29(34-16-33-20)36-19-7-10-23(26(31)27(19)32)42-18-6-9-22-21(14-18)35-17-38(22)4/h5-11,14,16-17H,1,12-13,15H2,2-4H3,(H,33,34,36). The molecule has 0 radical (unpaired) electrons. The molecule has 214 valence electrons. The van der Waals surface area contributed by atoms with Crippen LogP contribution in [0.1, 0.15) is 13.8 Å². The van der Waals surface area contributed by atoms with Gasteiger partial charge in [0.25, 0.3) is 0 Å². The number of benzene rings is 2. The van der Waals surface area contributed by atoms with Crippen LogP contribution in [0.2, 0.25) is 5.02 Å². The number of piperazine rings is 1. The third-order valence-corrected chi connectivity index (χ3v) is 7.71. The van der Waals surface area contributed by atoms with Crippen molar-refractivity contribution >= 4 is 56.9 Å². The van der Waals surface area contributed by atoms with Crippen LogP contribution in [-0.4, -0.2) is 60.5 Å². The Morgan fingerprint density at radius 2 is 1.95 bits per heavy atom. The summed E-state index contributed by atoms with van der Waals surface area (Å²) in [6.07, 6.45) is 4.44.